The van der Waals surface area contributed by atoms with Crippen LogP contribution in [-0.4, -0.2) is 5.91 Å². The number of carbonyl (C=O) groups excluding carboxylic acids is 1. The summed E-state index contributed by atoms with van der Waals surface area (Å²) in [5, 5.41) is 0. The van der Waals surface area contributed by atoms with Crippen LogP contribution in [0.25, 0.3) is 0 Å². The fourth-order valence-electron chi connectivity index (χ4n) is 0.741. The number of hydrazine groups is 1. The molecule has 0 aliphatic rings. The van der Waals surface area contributed by atoms with Crippen molar-refractivity contribution in [1.82, 2.24) is 5.43 Å². The maximum Gasteiger partial charge on any atom is 0.265 e. The van der Waals surface area contributed by atoms with Crippen LogP contribution in [0.15, 0.2) is 29.2 Å². The standard InChI is InChI=1S/C7H7ClN2OS/c8-12-6-3-1-5(2-4-6)7(11)10-9/h1-4H,9H2,(H,10,11). The van der Waals surface area contributed by atoms with Crippen LogP contribution >= 0.6 is 21.7 Å². The van der Waals surface area contributed by atoms with Crippen molar-refractivity contribution in [3.8, 4) is 0 Å². The molecule has 0 aliphatic heterocycles. The van der Waals surface area contributed by atoms with Crippen molar-refractivity contribution < 1.29 is 4.79 Å². The zero-order valence-electron chi connectivity index (χ0n) is 6.08. The van der Waals surface area contributed by atoms with E-state index in [2.05, 4.69) is 0 Å². The van der Waals surface area contributed by atoms with Gasteiger partial charge < -0.3 is 0 Å². The number of hydrogen-bond donors (Lipinski definition) is 2. The Labute approximate surface area is 78.7 Å². The monoisotopic (exact) mass is 202 g/mol. The van der Waals surface area contributed by atoms with Crippen LogP contribution in [0, 0.1) is 0 Å². The minimum atomic E-state index is -0.305. The van der Waals surface area contributed by atoms with E-state index >= 15 is 0 Å². The molecular weight excluding hydrogens is 196 g/mol. The summed E-state index contributed by atoms with van der Waals surface area (Å²) in [6.07, 6.45) is 0. The molecule has 1 rings (SSSR count). The van der Waals surface area contributed by atoms with Crippen LogP contribution in [0.4, 0.5) is 0 Å². The molecule has 1 amide bonds. The van der Waals surface area contributed by atoms with E-state index in [9.17, 15) is 4.79 Å². The summed E-state index contributed by atoms with van der Waals surface area (Å²) >= 11 is 0. The maximum atomic E-state index is 10.9. The van der Waals surface area contributed by atoms with Gasteiger partial charge in [0, 0.05) is 10.5 Å². The van der Waals surface area contributed by atoms with Crippen LogP contribution in [0.5, 0.6) is 0 Å². The van der Waals surface area contributed by atoms with E-state index in [1.807, 2.05) is 5.43 Å². The fraction of sp³-hybridized carbons (Fsp3) is 0. The molecule has 0 aliphatic carbocycles. The summed E-state index contributed by atoms with van der Waals surface area (Å²) in [6.45, 7) is 0. The first-order chi connectivity index (χ1) is 5.77. The first-order valence-electron chi connectivity index (χ1n) is 3.17. The Hall–Kier alpha value is -0.710. The van der Waals surface area contributed by atoms with Gasteiger partial charge in [0.05, 0.1) is 0 Å². The third kappa shape index (κ3) is 2.14. The summed E-state index contributed by atoms with van der Waals surface area (Å²) in [7, 11) is 6.59. The lowest BCUT2D eigenvalue weighted by atomic mass is 10.2. The molecule has 0 unspecified atom stereocenters. The number of halogens is 1. The molecule has 1 aromatic rings. The first kappa shape index (κ1) is 9.38. The van der Waals surface area contributed by atoms with Crippen molar-refractivity contribution in [1.29, 1.82) is 0 Å². The van der Waals surface area contributed by atoms with Crippen molar-refractivity contribution in [2.75, 3.05) is 0 Å². The highest BCUT2D eigenvalue weighted by Gasteiger charge is 2.01. The highest BCUT2D eigenvalue weighted by Crippen LogP contribution is 2.21. The molecule has 0 saturated carbocycles. The number of benzene rings is 1. The number of rotatable bonds is 2. The number of hydrogen-bond acceptors (Lipinski definition) is 3. The van der Waals surface area contributed by atoms with E-state index in [1.165, 1.54) is 0 Å². The molecule has 1 aromatic carbocycles. The minimum absolute atomic E-state index is 0.305. The Morgan fingerprint density at radius 1 is 1.42 bits per heavy atom. The quantitative estimate of drug-likeness (QED) is 0.435. The van der Waals surface area contributed by atoms with Gasteiger partial charge in [0.15, 0.2) is 0 Å². The van der Waals surface area contributed by atoms with Crippen LogP contribution in [0.1, 0.15) is 10.4 Å². The van der Waals surface area contributed by atoms with Gasteiger partial charge in [-0.05, 0) is 45.9 Å². The zero-order valence-corrected chi connectivity index (χ0v) is 7.65. The smallest absolute Gasteiger partial charge is 0.265 e. The second-order valence-electron chi connectivity index (χ2n) is 2.07. The van der Waals surface area contributed by atoms with E-state index in [4.69, 9.17) is 16.5 Å². The lowest BCUT2D eigenvalue weighted by Gasteiger charge is -1.99. The van der Waals surface area contributed by atoms with Crippen LogP contribution in [-0.2, 0) is 0 Å². The summed E-state index contributed by atoms with van der Waals surface area (Å²) in [6, 6.07) is 6.82. The molecule has 3 nitrogen and oxygen atoms in total. The Balaban J connectivity index is 2.84. The Bertz CT molecular complexity index is 275. The van der Waals surface area contributed by atoms with Crippen molar-refractivity contribution in [3.63, 3.8) is 0 Å². The van der Waals surface area contributed by atoms with E-state index < -0.39 is 0 Å². The molecule has 0 bridgehead atoms. The van der Waals surface area contributed by atoms with Gasteiger partial charge >= 0.3 is 0 Å². The zero-order chi connectivity index (χ0) is 8.97. The van der Waals surface area contributed by atoms with E-state index in [0.717, 1.165) is 15.9 Å². The summed E-state index contributed by atoms with van der Waals surface area (Å²) < 4.78 is 0. The first-order valence-corrected chi connectivity index (χ1v) is 4.82. The summed E-state index contributed by atoms with van der Waals surface area (Å²) in [5.41, 5.74) is 2.56. The Kier molecular flexibility index (Phi) is 3.40. The molecule has 3 N–H and O–H groups in total. The molecule has 5 heteroatoms. The average molecular weight is 203 g/mol. The molecule has 0 atom stereocenters. The SMILES string of the molecule is NNC(=O)c1ccc(SCl)cc1. The number of nitrogen functional groups attached to an aromatic ring is 1. The van der Waals surface area contributed by atoms with Gasteiger partial charge in [0.25, 0.3) is 5.91 Å². The topological polar surface area (TPSA) is 55.1 Å². The number of nitrogens with one attached hydrogen (secondary N) is 1. The van der Waals surface area contributed by atoms with Crippen LogP contribution < -0.4 is 11.3 Å². The van der Waals surface area contributed by atoms with E-state index in [-0.39, 0.29) is 5.91 Å². The van der Waals surface area contributed by atoms with E-state index in [1.54, 1.807) is 24.3 Å². The summed E-state index contributed by atoms with van der Waals surface area (Å²) in [4.78, 5) is 11.8. The van der Waals surface area contributed by atoms with Gasteiger partial charge in [0.1, 0.15) is 0 Å². The number of carbonyl (C=O) groups is 1. The van der Waals surface area contributed by atoms with E-state index in [0.29, 0.717) is 5.56 Å². The lowest BCUT2D eigenvalue weighted by molar-refractivity contribution is 0.0953. The van der Waals surface area contributed by atoms with Gasteiger partial charge in [-0.25, -0.2) is 5.84 Å². The predicted molar refractivity (Wildman–Crippen MR) is 49.8 cm³/mol. The van der Waals surface area contributed by atoms with Gasteiger partial charge in [-0.1, -0.05) is 0 Å². The Morgan fingerprint density at radius 2 is 2.00 bits per heavy atom. The molecule has 0 heterocycles. The Morgan fingerprint density at radius 3 is 2.42 bits per heavy atom. The second-order valence-corrected chi connectivity index (χ2v) is 3.16. The van der Waals surface area contributed by atoms with Crippen molar-refractivity contribution >= 4 is 27.6 Å². The molecule has 64 valence electrons. The van der Waals surface area contributed by atoms with Gasteiger partial charge in [-0.3, -0.25) is 10.2 Å². The average Bonchev–Trinajstić information content (AvgIpc) is 2.17. The lowest BCUT2D eigenvalue weighted by Crippen LogP contribution is -2.29. The highest BCUT2D eigenvalue weighted by molar-refractivity contribution is 8.21. The summed E-state index contributed by atoms with van der Waals surface area (Å²) in [5.74, 6) is 4.64. The molecule has 0 aromatic heterocycles. The highest BCUT2D eigenvalue weighted by atomic mass is 35.7. The maximum absolute atomic E-state index is 10.9. The van der Waals surface area contributed by atoms with Crippen molar-refractivity contribution in [2.24, 2.45) is 5.84 Å². The van der Waals surface area contributed by atoms with Crippen molar-refractivity contribution in [3.05, 3.63) is 29.8 Å². The van der Waals surface area contributed by atoms with Crippen LogP contribution in [0.2, 0.25) is 0 Å². The normalized spacial score (nSPS) is 9.50. The molecule has 0 spiro atoms. The van der Waals surface area contributed by atoms with Gasteiger partial charge in [-0.15, -0.1) is 0 Å². The molecule has 12 heavy (non-hydrogen) atoms. The molecule has 0 fully saturated rings. The third-order valence-corrected chi connectivity index (χ3v) is 2.32. The predicted octanol–water partition coefficient (Wildman–Crippen LogP) is 1.54. The number of nitrogens with two attached hydrogens (primary N) is 1. The van der Waals surface area contributed by atoms with Crippen molar-refractivity contribution in [2.45, 2.75) is 4.90 Å². The van der Waals surface area contributed by atoms with Gasteiger partial charge in [0.2, 0.25) is 0 Å². The molecule has 0 radical (unpaired) electrons. The largest absolute Gasteiger partial charge is 0.290 e. The van der Waals surface area contributed by atoms with Crippen LogP contribution in [0.3, 0.4) is 0 Å². The fourth-order valence-corrected chi connectivity index (χ4v) is 1.29. The number of amides is 1. The minimum Gasteiger partial charge on any atom is -0.290 e. The third-order valence-electron chi connectivity index (χ3n) is 1.34. The second kappa shape index (κ2) is 4.35. The molecular formula is C7H7ClN2OS. The molecule has 0 saturated heterocycles. The van der Waals surface area contributed by atoms with Gasteiger partial charge in [-0.2, -0.15) is 0 Å².